The number of hydrogen-bond donors (Lipinski definition) is 1. The van der Waals surface area contributed by atoms with E-state index in [1.165, 1.54) is 36.4 Å². The van der Waals surface area contributed by atoms with Crippen LogP contribution in [-0.4, -0.2) is 40.4 Å². The van der Waals surface area contributed by atoms with Crippen LogP contribution in [0, 0.1) is 5.82 Å². The molecule has 4 rings (SSSR count). The molecule has 104 valence electrons. The summed E-state index contributed by atoms with van der Waals surface area (Å²) in [5.41, 5.74) is 2.40. The van der Waals surface area contributed by atoms with Gasteiger partial charge >= 0.3 is 0 Å². The van der Waals surface area contributed by atoms with E-state index in [4.69, 9.17) is 0 Å². The smallest absolute Gasteiger partial charge is 0.151 e. The first kappa shape index (κ1) is 12.2. The first-order chi connectivity index (χ1) is 9.79. The maximum Gasteiger partial charge on any atom is 0.151 e. The second-order valence-corrected chi connectivity index (χ2v) is 6.14. The van der Waals surface area contributed by atoms with E-state index < -0.39 is 0 Å². The highest BCUT2D eigenvalue weighted by Crippen LogP contribution is 2.33. The van der Waals surface area contributed by atoms with Gasteiger partial charge in [-0.3, -0.25) is 0 Å². The van der Waals surface area contributed by atoms with Crippen molar-refractivity contribution in [2.45, 2.75) is 24.9 Å². The average Bonchev–Trinajstić information content (AvgIpc) is 3.08. The third kappa shape index (κ3) is 2.06. The topological polar surface area (TPSA) is 53.9 Å². The van der Waals surface area contributed by atoms with E-state index in [9.17, 15) is 4.39 Å². The largest absolute Gasteiger partial charge is 0.353 e. The van der Waals surface area contributed by atoms with Crippen molar-refractivity contribution in [1.82, 2.24) is 20.5 Å². The Morgan fingerprint density at radius 1 is 1.30 bits per heavy atom. The van der Waals surface area contributed by atoms with Gasteiger partial charge < -0.3 is 10.2 Å². The van der Waals surface area contributed by atoms with Crippen molar-refractivity contribution < 1.29 is 4.39 Å². The lowest BCUT2D eigenvalue weighted by molar-refractivity contribution is 0.463. The highest BCUT2D eigenvalue weighted by Gasteiger charge is 2.33. The number of anilines is 1. The minimum absolute atomic E-state index is 0.336. The molecule has 2 atom stereocenters. The van der Waals surface area contributed by atoms with Gasteiger partial charge in [-0.25, -0.2) is 9.37 Å². The van der Waals surface area contributed by atoms with Crippen LogP contribution >= 0.6 is 11.3 Å². The second-order valence-electron chi connectivity index (χ2n) is 5.31. The van der Waals surface area contributed by atoms with E-state index in [-0.39, 0.29) is 5.82 Å². The third-order valence-corrected chi connectivity index (χ3v) is 4.66. The summed E-state index contributed by atoms with van der Waals surface area (Å²) in [6.45, 7) is 1.84. The fraction of sp³-hybridized carbons (Fsp3) is 0.462. The minimum Gasteiger partial charge on any atom is -0.353 e. The molecule has 1 N–H and O–H groups in total. The van der Waals surface area contributed by atoms with Crippen molar-refractivity contribution in [3.05, 3.63) is 23.6 Å². The third-order valence-electron chi connectivity index (χ3n) is 3.94. The molecule has 2 unspecified atom stereocenters. The molecule has 2 fully saturated rings. The lowest BCUT2D eigenvalue weighted by Gasteiger charge is -2.34. The molecule has 20 heavy (non-hydrogen) atoms. The molecule has 5 nitrogen and oxygen atoms in total. The molecule has 2 aliphatic heterocycles. The van der Waals surface area contributed by atoms with Crippen molar-refractivity contribution in [2.75, 3.05) is 18.0 Å². The van der Waals surface area contributed by atoms with Crippen LogP contribution in [0.1, 0.15) is 12.8 Å². The van der Waals surface area contributed by atoms with E-state index in [1.807, 2.05) is 0 Å². The van der Waals surface area contributed by atoms with Crippen LogP contribution in [0.3, 0.4) is 0 Å². The number of halogens is 1. The molecular formula is C13H14FN5S. The van der Waals surface area contributed by atoms with Crippen LogP contribution in [0.25, 0.3) is 10.6 Å². The lowest BCUT2D eigenvalue weighted by Crippen LogP contribution is -2.51. The van der Waals surface area contributed by atoms with Gasteiger partial charge in [0, 0.05) is 25.2 Å². The molecule has 4 heterocycles. The Morgan fingerprint density at radius 2 is 2.10 bits per heavy atom. The lowest BCUT2D eigenvalue weighted by atomic mass is 10.2. The number of hydrogen-bond acceptors (Lipinski definition) is 6. The van der Waals surface area contributed by atoms with Gasteiger partial charge in [-0.1, -0.05) is 11.3 Å². The maximum absolute atomic E-state index is 13.5. The minimum atomic E-state index is -0.336. The van der Waals surface area contributed by atoms with Crippen molar-refractivity contribution in [2.24, 2.45) is 0 Å². The summed E-state index contributed by atoms with van der Waals surface area (Å²) >= 11 is 1.41. The highest BCUT2D eigenvalue weighted by atomic mass is 32.1. The van der Waals surface area contributed by atoms with Gasteiger partial charge in [-0.05, 0) is 18.9 Å². The van der Waals surface area contributed by atoms with E-state index >= 15 is 0 Å². The Kier molecular flexibility index (Phi) is 2.89. The normalized spacial score (nSPS) is 25.1. The molecule has 0 saturated carbocycles. The fourth-order valence-electron chi connectivity index (χ4n) is 3.10. The highest BCUT2D eigenvalue weighted by molar-refractivity contribution is 7.12. The zero-order chi connectivity index (χ0) is 13.5. The van der Waals surface area contributed by atoms with Crippen LogP contribution in [0.4, 0.5) is 10.2 Å². The first-order valence-corrected chi connectivity index (χ1v) is 7.60. The summed E-state index contributed by atoms with van der Waals surface area (Å²) in [6, 6.07) is 2.54. The van der Waals surface area contributed by atoms with Crippen LogP contribution in [-0.2, 0) is 0 Å². The number of nitrogens with zero attached hydrogens (tertiary/aromatic N) is 4. The SMILES string of the molecule is Fc1cnc(N2CC3CCC(C2)N3)c(-c2nncs2)c1. The maximum atomic E-state index is 13.5. The zero-order valence-corrected chi connectivity index (χ0v) is 11.6. The van der Waals surface area contributed by atoms with Crippen LogP contribution in [0.15, 0.2) is 17.8 Å². The number of rotatable bonds is 2. The Hall–Kier alpha value is -1.60. The average molecular weight is 291 g/mol. The molecule has 0 aromatic carbocycles. The quantitative estimate of drug-likeness (QED) is 0.912. The molecule has 0 spiro atoms. The molecule has 2 aromatic heterocycles. The number of nitrogens with one attached hydrogen (secondary N) is 1. The standard InChI is InChI=1S/C13H14FN5S/c14-8-3-11(13-18-16-7-20-13)12(15-4-8)19-5-9-1-2-10(6-19)17-9/h3-4,7,9-10,17H,1-2,5-6H2. The molecule has 2 aliphatic rings. The van der Waals surface area contributed by atoms with Gasteiger partial charge in [0.2, 0.25) is 0 Å². The Labute approximate surface area is 119 Å². The molecule has 2 saturated heterocycles. The van der Waals surface area contributed by atoms with Gasteiger partial charge in [0.1, 0.15) is 17.1 Å². The van der Waals surface area contributed by atoms with Gasteiger partial charge in [-0.2, -0.15) is 0 Å². The Balaban J connectivity index is 1.74. The molecule has 0 amide bonds. The second kappa shape index (κ2) is 4.75. The molecule has 2 aromatic rings. The summed E-state index contributed by atoms with van der Waals surface area (Å²) in [6.07, 6.45) is 3.69. The van der Waals surface area contributed by atoms with Crippen LogP contribution in [0.2, 0.25) is 0 Å². The number of aromatic nitrogens is 3. The van der Waals surface area contributed by atoms with Gasteiger partial charge in [0.15, 0.2) is 5.01 Å². The van der Waals surface area contributed by atoms with Crippen molar-refractivity contribution in [3.8, 4) is 10.6 Å². The van der Waals surface area contributed by atoms with E-state index in [2.05, 4.69) is 25.4 Å². The van der Waals surface area contributed by atoms with Crippen molar-refractivity contribution >= 4 is 17.2 Å². The number of piperazine rings is 1. The summed E-state index contributed by atoms with van der Waals surface area (Å²) in [4.78, 5) is 6.56. The molecule has 2 bridgehead atoms. The van der Waals surface area contributed by atoms with Gasteiger partial charge in [0.25, 0.3) is 0 Å². The fourth-order valence-corrected chi connectivity index (χ4v) is 3.67. The Bertz CT molecular complexity index is 605. The van der Waals surface area contributed by atoms with Crippen LogP contribution < -0.4 is 10.2 Å². The molecule has 0 radical (unpaired) electrons. The summed E-state index contributed by atoms with van der Waals surface area (Å²) in [5, 5.41) is 12.2. The van der Waals surface area contributed by atoms with Crippen molar-refractivity contribution in [1.29, 1.82) is 0 Å². The Morgan fingerprint density at radius 3 is 2.80 bits per heavy atom. The first-order valence-electron chi connectivity index (χ1n) is 6.72. The van der Waals surface area contributed by atoms with Crippen molar-refractivity contribution in [3.63, 3.8) is 0 Å². The van der Waals surface area contributed by atoms with Crippen LogP contribution in [0.5, 0.6) is 0 Å². The summed E-state index contributed by atoms with van der Waals surface area (Å²) in [5.74, 6) is 0.485. The summed E-state index contributed by atoms with van der Waals surface area (Å²) in [7, 11) is 0. The number of fused-ring (bicyclic) bond motifs is 2. The number of pyridine rings is 1. The summed E-state index contributed by atoms with van der Waals surface area (Å²) < 4.78 is 13.5. The van der Waals surface area contributed by atoms with Gasteiger partial charge in [0.05, 0.1) is 11.8 Å². The van der Waals surface area contributed by atoms with E-state index in [1.54, 1.807) is 5.51 Å². The zero-order valence-electron chi connectivity index (χ0n) is 10.8. The molecular weight excluding hydrogens is 277 g/mol. The van der Waals surface area contributed by atoms with E-state index in [0.717, 1.165) is 29.5 Å². The van der Waals surface area contributed by atoms with Gasteiger partial charge in [-0.15, -0.1) is 10.2 Å². The predicted octanol–water partition coefficient (Wildman–Crippen LogP) is 1.68. The molecule has 0 aliphatic carbocycles. The monoisotopic (exact) mass is 291 g/mol. The van der Waals surface area contributed by atoms with E-state index in [0.29, 0.717) is 12.1 Å². The predicted molar refractivity (Wildman–Crippen MR) is 75.3 cm³/mol. The molecule has 7 heteroatoms.